The van der Waals surface area contributed by atoms with Gasteiger partial charge < -0.3 is 9.84 Å². The van der Waals surface area contributed by atoms with Gasteiger partial charge >= 0.3 is 5.97 Å². The molecule has 1 aromatic heterocycles. The lowest BCUT2D eigenvalue weighted by molar-refractivity contribution is -0.133. The number of aryl methyl sites for hydroxylation is 1. The van der Waals surface area contributed by atoms with Gasteiger partial charge in [0, 0.05) is 11.8 Å². The molecule has 0 spiro atoms. The van der Waals surface area contributed by atoms with Crippen molar-refractivity contribution in [2.75, 3.05) is 7.11 Å². The quantitative estimate of drug-likeness (QED) is 0.606. The minimum absolute atomic E-state index is 0.243. The van der Waals surface area contributed by atoms with Crippen molar-refractivity contribution in [1.29, 1.82) is 0 Å². The number of carbonyl (C=O) groups excluding carboxylic acids is 1. The molecule has 0 saturated carbocycles. The Kier molecular flexibility index (Phi) is 4.13. The first-order valence-corrected chi connectivity index (χ1v) is 4.82. The van der Waals surface area contributed by atoms with E-state index in [0.717, 1.165) is 0 Å². The van der Waals surface area contributed by atoms with Gasteiger partial charge in [-0.15, -0.1) is 0 Å². The maximum Gasteiger partial charge on any atom is 0.338 e. The molecule has 5 heteroatoms. The zero-order valence-electron chi connectivity index (χ0n) is 9.52. The van der Waals surface area contributed by atoms with Gasteiger partial charge in [-0.3, -0.25) is 0 Å². The lowest BCUT2D eigenvalue weighted by atomic mass is 10.1. The van der Waals surface area contributed by atoms with Crippen LogP contribution in [0.5, 0.6) is 0 Å². The molecule has 0 amide bonds. The van der Waals surface area contributed by atoms with Gasteiger partial charge in [0.2, 0.25) is 0 Å². The Morgan fingerprint density at radius 1 is 1.62 bits per heavy atom. The van der Waals surface area contributed by atoms with E-state index in [-0.39, 0.29) is 6.61 Å². The van der Waals surface area contributed by atoms with Crippen LogP contribution in [0.25, 0.3) is 5.57 Å². The van der Waals surface area contributed by atoms with E-state index < -0.39 is 5.97 Å². The summed E-state index contributed by atoms with van der Waals surface area (Å²) in [6.07, 6.45) is 3.12. The molecule has 5 nitrogen and oxygen atoms in total. The van der Waals surface area contributed by atoms with Crippen LogP contribution in [0.4, 0.5) is 0 Å². The second kappa shape index (κ2) is 5.37. The van der Waals surface area contributed by atoms with E-state index in [1.165, 1.54) is 13.3 Å². The number of carbonyl (C=O) groups is 1. The van der Waals surface area contributed by atoms with Crippen LogP contribution in [0, 0.1) is 6.92 Å². The third kappa shape index (κ3) is 2.43. The Bertz CT molecular complexity index is 427. The van der Waals surface area contributed by atoms with Crippen LogP contribution in [-0.4, -0.2) is 28.2 Å². The van der Waals surface area contributed by atoms with E-state index in [4.69, 9.17) is 0 Å². The largest absolute Gasteiger partial charge is 0.465 e. The number of esters is 1. The zero-order valence-corrected chi connectivity index (χ0v) is 9.52. The second-order valence-electron chi connectivity index (χ2n) is 3.13. The normalized spacial score (nSPS) is 11.4. The van der Waals surface area contributed by atoms with E-state index in [2.05, 4.69) is 14.7 Å². The molecular weight excluding hydrogens is 208 g/mol. The molecule has 0 aliphatic rings. The molecule has 0 bridgehead atoms. The number of rotatable bonds is 3. The van der Waals surface area contributed by atoms with Crippen molar-refractivity contribution < 1.29 is 14.6 Å². The summed E-state index contributed by atoms with van der Waals surface area (Å²) >= 11 is 0. The monoisotopic (exact) mass is 222 g/mol. The molecule has 0 saturated heterocycles. The summed E-state index contributed by atoms with van der Waals surface area (Å²) < 4.78 is 4.64. The van der Waals surface area contributed by atoms with Crippen LogP contribution in [0.1, 0.15) is 24.0 Å². The molecule has 1 rings (SSSR count). The summed E-state index contributed by atoms with van der Waals surface area (Å²) in [5.41, 5.74) is 1.28. The summed E-state index contributed by atoms with van der Waals surface area (Å²) in [4.78, 5) is 19.5. The Hall–Kier alpha value is -1.75. The smallest absolute Gasteiger partial charge is 0.338 e. The molecular formula is C11H14N2O3. The Morgan fingerprint density at radius 3 is 2.81 bits per heavy atom. The summed E-state index contributed by atoms with van der Waals surface area (Å²) in [5, 5.41) is 9.17. The van der Waals surface area contributed by atoms with Crippen LogP contribution < -0.4 is 0 Å². The molecule has 0 fully saturated rings. The predicted molar refractivity (Wildman–Crippen MR) is 58.4 cm³/mol. The number of ether oxygens (including phenoxy) is 1. The highest BCUT2D eigenvalue weighted by molar-refractivity contribution is 6.16. The van der Waals surface area contributed by atoms with Gasteiger partial charge in [-0.25, -0.2) is 14.8 Å². The molecule has 1 N–H and O–H groups in total. The molecule has 0 atom stereocenters. The van der Waals surface area contributed by atoms with Crippen LogP contribution in [0.15, 0.2) is 12.3 Å². The van der Waals surface area contributed by atoms with Crippen LogP contribution in [0.3, 0.4) is 0 Å². The SMILES string of the molecule is C/C=C(/C(=O)OC)c1cnc(C)nc1CO. The average Bonchev–Trinajstić information content (AvgIpc) is 2.31. The number of nitrogens with zero attached hydrogens (tertiary/aromatic N) is 2. The fourth-order valence-corrected chi connectivity index (χ4v) is 1.36. The molecule has 0 aromatic carbocycles. The number of aliphatic hydroxyl groups excluding tert-OH is 1. The molecule has 0 aliphatic heterocycles. The number of allylic oxidation sites excluding steroid dienone is 1. The minimum atomic E-state index is -0.468. The topological polar surface area (TPSA) is 72.3 Å². The fraction of sp³-hybridized carbons (Fsp3) is 0.364. The van der Waals surface area contributed by atoms with Gasteiger partial charge in [0.05, 0.1) is 25.0 Å². The van der Waals surface area contributed by atoms with Crippen LogP contribution >= 0.6 is 0 Å². The van der Waals surface area contributed by atoms with Gasteiger partial charge in [0.15, 0.2) is 0 Å². The standard InChI is InChI=1S/C11H14N2O3/c1-4-8(11(15)16-3)9-5-12-7(2)13-10(9)6-14/h4-5,14H,6H2,1-3H3/b8-4+. The highest BCUT2D eigenvalue weighted by Gasteiger charge is 2.16. The number of hydrogen-bond acceptors (Lipinski definition) is 5. The number of aliphatic hydroxyl groups is 1. The summed E-state index contributed by atoms with van der Waals surface area (Å²) in [6.45, 7) is 3.19. The van der Waals surface area contributed by atoms with E-state index in [0.29, 0.717) is 22.7 Å². The van der Waals surface area contributed by atoms with Gasteiger partial charge in [0.25, 0.3) is 0 Å². The molecule has 0 unspecified atom stereocenters. The van der Waals surface area contributed by atoms with Crippen LogP contribution in [0.2, 0.25) is 0 Å². The first kappa shape index (κ1) is 12.3. The number of hydrogen-bond donors (Lipinski definition) is 1. The van der Waals surface area contributed by atoms with E-state index in [9.17, 15) is 9.90 Å². The third-order valence-electron chi connectivity index (χ3n) is 2.12. The van der Waals surface area contributed by atoms with Crippen molar-refractivity contribution in [1.82, 2.24) is 9.97 Å². The van der Waals surface area contributed by atoms with Crippen molar-refractivity contribution in [3.63, 3.8) is 0 Å². The van der Waals surface area contributed by atoms with E-state index in [1.807, 2.05) is 0 Å². The molecule has 0 aliphatic carbocycles. The first-order chi connectivity index (χ1) is 7.63. The highest BCUT2D eigenvalue weighted by Crippen LogP contribution is 2.18. The number of aromatic nitrogens is 2. The summed E-state index contributed by atoms with van der Waals surface area (Å²) in [7, 11) is 1.31. The second-order valence-corrected chi connectivity index (χ2v) is 3.13. The Labute approximate surface area is 93.8 Å². The molecule has 86 valence electrons. The van der Waals surface area contributed by atoms with Gasteiger partial charge in [-0.1, -0.05) is 6.08 Å². The van der Waals surface area contributed by atoms with E-state index in [1.54, 1.807) is 19.9 Å². The maximum atomic E-state index is 11.5. The molecule has 16 heavy (non-hydrogen) atoms. The van der Waals surface area contributed by atoms with E-state index >= 15 is 0 Å². The highest BCUT2D eigenvalue weighted by atomic mass is 16.5. The Balaban J connectivity index is 3.26. The summed E-state index contributed by atoms with van der Waals surface area (Å²) in [5.74, 6) is 0.0813. The van der Waals surface area contributed by atoms with Crippen molar-refractivity contribution in [3.8, 4) is 0 Å². The molecule has 1 heterocycles. The van der Waals surface area contributed by atoms with Crippen molar-refractivity contribution in [2.45, 2.75) is 20.5 Å². The Morgan fingerprint density at radius 2 is 2.31 bits per heavy atom. The third-order valence-corrected chi connectivity index (χ3v) is 2.12. The van der Waals surface area contributed by atoms with Gasteiger partial charge in [-0.05, 0) is 13.8 Å². The fourth-order valence-electron chi connectivity index (χ4n) is 1.36. The van der Waals surface area contributed by atoms with Crippen molar-refractivity contribution in [3.05, 3.63) is 29.4 Å². The lowest BCUT2D eigenvalue weighted by Crippen LogP contribution is -2.09. The van der Waals surface area contributed by atoms with Gasteiger partial charge in [-0.2, -0.15) is 0 Å². The average molecular weight is 222 g/mol. The maximum absolute atomic E-state index is 11.5. The minimum Gasteiger partial charge on any atom is -0.465 e. The van der Waals surface area contributed by atoms with Gasteiger partial charge in [0.1, 0.15) is 5.82 Å². The molecule has 0 radical (unpaired) electrons. The van der Waals surface area contributed by atoms with Crippen molar-refractivity contribution in [2.24, 2.45) is 0 Å². The van der Waals surface area contributed by atoms with Crippen LogP contribution in [-0.2, 0) is 16.1 Å². The lowest BCUT2D eigenvalue weighted by Gasteiger charge is -2.08. The first-order valence-electron chi connectivity index (χ1n) is 4.82. The zero-order chi connectivity index (χ0) is 12.1. The van der Waals surface area contributed by atoms with Crippen molar-refractivity contribution >= 4 is 11.5 Å². The molecule has 1 aromatic rings. The number of methoxy groups -OCH3 is 1. The summed E-state index contributed by atoms with van der Waals surface area (Å²) in [6, 6.07) is 0. The predicted octanol–water partition coefficient (Wildman–Crippen LogP) is 0.854.